The molecule has 0 bridgehead atoms. The fourth-order valence-electron chi connectivity index (χ4n) is 1.81. The molecule has 0 aromatic carbocycles. The van der Waals surface area contributed by atoms with Crippen LogP contribution in [0.4, 0.5) is 0 Å². The third-order valence-electron chi connectivity index (χ3n) is 4.68. The molecule has 1 aliphatic heterocycles. The van der Waals surface area contributed by atoms with Gasteiger partial charge in [0.1, 0.15) is 0 Å². The average molecular weight is 269 g/mol. The topological polar surface area (TPSA) is 47.9 Å². The Kier molecular flexibility index (Phi) is 4.54. The van der Waals surface area contributed by atoms with Gasteiger partial charge in [0.15, 0.2) is 0 Å². The van der Waals surface area contributed by atoms with Crippen molar-refractivity contribution in [3.63, 3.8) is 0 Å². The Labute approximate surface area is 118 Å². The molecule has 0 spiro atoms. The summed E-state index contributed by atoms with van der Waals surface area (Å²) < 4.78 is 17.5. The molecule has 1 aliphatic rings. The van der Waals surface area contributed by atoms with E-state index in [0.29, 0.717) is 6.42 Å². The molecule has 1 fully saturated rings. The molecule has 1 saturated heterocycles. The Hall–Kier alpha value is -0.0301. The molecule has 1 N–H and O–H groups in total. The van der Waals surface area contributed by atoms with Gasteiger partial charge in [-0.15, -0.1) is 0 Å². The molecule has 109 valence electrons. The van der Waals surface area contributed by atoms with E-state index in [2.05, 4.69) is 0 Å². The molecule has 0 aromatic heterocycles. The van der Waals surface area contributed by atoms with Crippen LogP contribution in [0.1, 0.15) is 61.8 Å². The van der Waals surface area contributed by atoms with Crippen LogP contribution >= 0.6 is 0 Å². The summed E-state index contributed by atoms with van der Waals surface area (Å²) in [6.07, 6.45) is 0.687. The average Bonchev–Trinajstić information content (AvgIpc) is 2.42. The summed E-state index contributed by atoms with van der Waals surface area (Å²) in [5.41, 5.74) is -2.37. The lowest BCUT2D eigenvalue weighted by molar-refractivity contribution is -0.103. The Bertz CT molecular complexity index is 309. The van der Waals surface area contributed by atoms with Gasteiger partial charge in [-0.25, -0.2) is 0 Å². The predicted octanol–water partition coefficient (Wildman–Crippen LogP) is 2.15. The molecule has 0 aromatic rings. The van der Waals surface area contributed by atoms with Crippen molar-refractivity contribution < 1.29 is 19.1 Å². The second kappa shape index (κ2) is 5.06. The zero-order valence-electron chi connectivity index (χ0n) is 13.5. The first-order valence-corrected chi connectivity index (χ1v) is 6.94. The minimum absolute atomic E-state index is 0.380. The van der Waals surface area contributed by atoms with Crippen molar-refractivity contribution in [3.05, 3.63) is 0 Å². The normalized spacial score (nSPS) is 25.2. The van der Waals surface area contributed by atoms with Crippen LogP contribution < -0.4 is 0 Å². The monoisotopic (exact) mass is 269 g/mol. The van der Waals surface area contributed by atoms with Crippen molar-refractivity contribution in [2.45, 2.75) is 84.2 Å². The Balaban J connectivity index is 2.65. The molecule has 1 atom stereocenters. The summed E-state index contributed by atoms with van der Waals surface area (Å²) >= 11 is 0. The van der Waals surface area contributed by atoms with E-state index in [4.69, 9.17) is 14.0 Å². The standard InChI is InChI=1S/C13H27B2O4/c1-9-13(8,10(2,3)16)17-14-15-18-11(4,5)12(6,7)19-15/h16H,9H2,1-8H3. The zero-order valence-corrected chi connectivity index (χ0v) is 13.5. The summed E-state index contributed by atoms with van der Waals surface area (Å²) in [5.74, 6) is 0. The van der Waals surface area contributed by atoms with Crippen LogP contribution in [-0.4, -0.2) is 41.9 Å². The van der Waals surface area contributed by atoms with Gasteiger partial charge in [0.2, 0.25) is 0 Å². The second-order valence-electron chi connectivity index (χ2n) is 7.02. The first-order valence-electron chi connectivity index (χ1n) is 6.94. The van der Waals surface area contributed by atoms with Crippen LogP contribution in [0.25, 0.3) is 0 Å². The van der Waals surface area contributed by atoms with Crippen LogP contribution in [0.5, 0.6) is 0 Å². The molecule has 1 unspecified atom stereocenters. The summed E-state index contributed by atoms with van der Waals surface area (Å²) in [5, 5.41) is 10.2. The van der Waals surface area contributed by atoms with Gasteiger partial charge < -0.3 is 19.1 Å². The predicted molar refractivity (Wildman–Crippen MR) is 77.9 cm³/mol. The van der Waals surface area contributed by atoms with Gasteiger partial charge in [-0.1, -0.05) is 6.92 Å². The number of hydrogen-bond donors (Lipinski definition) is 1. The van der Waals surface area contributed by atoms with E-state index in [1.54, 1.807) is 21.2 Å². The van der Waals surface area contributed by atoms with Gasteiger partial charge in [0, 0.05) is 0 Å². The van der Waals surface area contributed by atoms with Crippen molar-refractivity contribution in [1.29, 1.82) is 0 Å². The minimum Gasteiger partial charge on any atom is -0.435 e. The molecule has 4 nitrogen and oxygen atoms in total. The van der Waals surface area contributed by atoms with Crippen LogP contribution in [0.3, 0.4) is 0 Å². The summed E-state index contributed by atoms with van der Waals surface area (Å²) in [6.45, 7) is 15.3. The van der Waals surface area contributed by atoms with Gasteiger partial charge in [-0.3, -0.25) is 0 Å². The highest BCUT2D eigenvalue weighted by molar-refractivity contribution is 7.03. The van der Waals surface area contributed by atoms with Gasteiger partial charge >= 0.3 is 14.4 Å². The Morgan fingerprint density at radius 2 is 1.53 bits per heavy atom. The Morgan fingerprint density at radius 1 is 1.11 bits per heavy atom. The van der Waals surface area contributed by atoms with E-state index in [1.807, 2.05) is 41.5 Å². The highest BCUT2D eigenvalue weighted by Crippen LogP contribution is 2.37. The van der Waals surface area contributed by atoms with Crippen LogP contribution in [-0.2, 0) is 14.0 Å². The van der Waals surface area contributed by atoms with Gasteiger partial charge in [-0.2, -0.15) is 0 Å². The van der Waals surface area contributed by atoms with Crippen molar-refractivity contribution >= 4 is 14.4 Å². The SMILES string of the molecule is CCC(C)(O[B]B1OC(C)(C)C(C)(C)O1)C(C)(C)O. The highest BCUT2D eigenvalue weighted by atomic mass is 16.7. The lowest BCUT2D eigenvalue weighted by Gasteiger charge is -2.40. The third kappa shape index (κ3) is 3.35. The molecule has 1 rings (SSSR count). The van der Waals surface area contributed by atoms with Crippen molar-refractivity contribution in [3.8, 4) is 0 Å². The maximum absolute atomic E-state index is 10.2. The lowest BCUT2D eigenvalue weighted by atomic mass is 9.55. The van der Waals surface area contributed by atoms with E-state index in [9.17, 15) is 5.11 Å². The first-order chi connectivity index (χ1) is 8.35. The van der Waals surface area contributed by atoms with Crippen LogP contribution in [0.15, 0.2) is 0 Å². The number of aliphatic hydroxyl groups is 1. The number of rotatable bonds is 5. The van der Waals surface area contributed by atoms with Crippen molar-refractivity contribution in [2.75, 3.05) is 0 Å². The van der Waals surface area contributed by atoms with Gasteiger partial charge in [-0.05, 0) is 54.9 Å². The Morgan fingerprint density at radius 3 is 1.84 bits per heavy atom. The van der Waals surface area contributed by atoms with Crippen LogP contribution in [0.2, 0.25) is 0 Å². The van der Waals surface area contributed by atoms with Crippen molar-refractivity contribution in [2.24, 2.45) is 0 Å². The maximum atomic E-state index is 10.2. The molecule has 19 heavy (non-hydrogen) atoms. The maximum Gasteiger partial charge on any atom is 0.439 e. The van der Waals surface area contributed by atoms with E-state index < -0.39 is 18.2 Å². The summed E-state index contributed by atoms with van der Waals surface area (Å²) in [4.78, 5) is 0. The molecular weight excluding hydrogens is 242 g/mol. The van der Waals surface area contributed by atoms with E-state index in [-0.39, 0.29) is 11.2 Å². The zero-order chi connectivity index (χ0) is 15.1. The van der Waals surface area contributed by atoms with Crippen molar-refractivity contribution in [1.82, 2.24) is 0 Å². The highest BCUT2D eigenvalue weighted by Gasteiger charge is 2.52. The largest absolute Gasteiger partial charge is 0.439 e. The molecule has 0 saturated carbocycles. The molecule has 0 amide bonds. The summed E-state index contributed by atoms with van der Waals surface area (Å²) in [7, 11) is 1.04. The van der Waals surface area contributed by atoms with E-state index in [1.165, 1.54) is 0 Å². The third-order valence-corrected chi connectivity index (χ3v) is 4.68. The smallest absolute Gasteiger partial charge is 0.435 e. The summed E-state index contributed by atoms with van der Waals surface area (Å²) in [6, 6.07) is 0. The molecule has 6 heteroatoms. The van der Waals surface area contributed by atoms with Gasteiger partial charge in [0.05, 0.1) is 22.4 Å². The molecular formula is C13H27B2O4. The molecule has 1 heterocycles. The fourth-order valence-corrected chi connectivity index (χ4v) is 1.81. The lowest BCUT2D eigenvalue weighted by Crippen LogP contribution is -2.52. The van der Waals surface area contributed by atoms with E-state index >= 15 is 0 Å². The minimum atomic E-state index is -0.943. The van der Waals surface area contributed by atoms with E-state index in [0.717, 1.165) is 0 Å². The quantitative estimate of drug-likeness (QED) is 0.777. The molecule has 1 radical (unpaired) electrons. The first kappa shape index (κ1) is 17.0. The number of hydrogen-bond acceptors (Lipinski definition) is 4. The second-order valence-corrected chi connectivity index (χ2v) is 7.02. The van der Waals surface area contributed by atoms with Crippen LogP contribution in [0, 0.1) is 0 Å². The fraction of sp³-hybridized carbons (Fsp3) is 1.00. The molecule has 0 aliphatic carbocycles. The van der Waals surface area contributed by atoms with Gasteiger partial charge in [0.25, 0.3) is 0 Å².